The van der Waals surface area contributed by atoms with Gasteiger partial charge in [0, 0.05) is 18.7 Å². The van der Waals surface area contributed by atoms with E-state index >= 15 is 0 Å². The van der Waals surface area contributed by atoms with E-state index in [0.717, 1.165) is 40.9 Å². The Bertz CT molecular complexity index is 984. The largest absolute Gasteiger partial charge is 0.497 e. The summed E-state index contributed by atoms with van der Waals surface area (Å²) in [7, 11) is 3.63. The maximum absolute atomic E-state index is 12.5. The third kappa shape index (κ3) is 5.02. The average Bonchev–Trinajstić information content (AvgIpc) is 3.56. The second-order valence-corrected chi connectivity index (χ2v) is 8.50. The summed E-state index contributed by atoms with van der Waals surface area (Å²) in [6.07, 6.45) is 2.64. The summed E-state index contributed by atoms with van der Waals surface area (Å²) in [5.74, 6) is 2.69. The monoisotopic (exact) mass is 422 g/mol. The lowest BCUT2D eigenvalue weighted by Crippen LogP contribution is -2.32. The smallest absolute Gasteiger partial charge is 0.223 e. The molecule has 6 nitrogen and oxygen atoms in total. The van der Waals surface area contributed by atoms with Gasteiger partial charge in [-0.25, -0.2) is 0 Å². The van der Waals surface area contributed by atoms with E-state index in [1.807, 2.05) is 41.9 Å². The van der Waals surface area contributed by atoms with Gasteiger partial charge in [-0.1, -0.05) is 54.2 Å². The Morgan fingerprint density at radius 3 is 2.53 bits per heavy atom. The molecule has 2 aromatic carbocycles. The summed E-state index contributed by atoms with van der Waals surface area (Å²) in [5, 5.41) is 12.9. The molecule has 0 saturated heterocycles. The van der Waals surface area contributed by atoms with Crippen LogP contribution < -0.4 is 10.1 Å². The Hall–Kier alpha value is -2.80. The van der Waals surface area contributed by atoms with Crippen molar-refractivity contribution in [3.05, 3.63) is 71.5 Å². The third-order valence-electron chi connectivity index (χ3n) is 5.25. The van der Waals surface area contributed by atoms with Crippen LogP contribution in [0.25, 0.3) is 0 Å². The van der Waals surface area contributed by atoms with Gasteiger partial charge in [0.1, 0.15) is 5.75 Å². The summed E-state index contributed by atoms with van der Waals surface area (Å²) in [6.45, 7) is 0. The first-order valence-corrected chi connectivity index (χ1v) is 11.1. The van der Waals surface area contributed by atoms with Crippen molar-refractivity contribution >= 4 is 17.7 Å². The first kappa shape index (κ1) is 20.5. The Morgan fingerprint density at radius 2 is 1.87 bits per heavy atom. The molecule has 7 heteroatoms. The number of nitrogens with zero attached hydrogens (tertiary/aromatic N) is 3. The molecule has 0 spiro atoms. The van der Waals surface area contributed by atoms with Gasteiger partial charge in [-0.3, -0.25) is 4.79 Å². The predicted molar refractivity (Wildman–Crippen MR) is 117 cm³/mol. The highest BCUT2D eigenvalue weighted by Gasteiger charge is 2.32. The fraction of sp³-hybridized carbons (Fsp3) is 0.348. The Labute approximate surface area is 181 Å². The summed E-state index contributed by atoms with van der Waals surface area (Å²) in [4.78, 5) is 12.5. The van der Waals surface area contributed by atoms with Crippen molar-refractivity contribution in [2.24, 2.45) is 13.0 Å². The predicted octanol–water partition coefficient (Wildman–Crippen LogP) is 3.93. The van der Waals surface area contributed by atoms with Crippen molar-refractivity contribution in [2.75, 3.05) is 7.11 Å². The lowest BCUT2D eigenvalue weighted by molar-refractivity contribution is -0.123. The molecule has 1 amide bonds. The number of nitrogens with one attached hydrogen (secondary N) is 1. The second kappa shape index (κ2) is 9.34. The first-order valence-electron chi connectivity index (χ1n) is 10.1. The van der Waals surface area contributed by atoms with Gasteiger partial charge in [-0.2, -0.15) is 0 Å². The number of benzene rings is 2. The van der Waals surface area contributed by atoms with E-state index in [1.165, 1.54) is 5.56 Å². The van der Waals surface area contributed by atoms with Gasteiger partial charge in [-0.05, 0) is 42.5 Å². The minimum absolute atomic E-state index is 0.117. The quantitative estimate of drug-likeness (QED) is 0.529. The van der Waals surface area contributed by atoms with Crippen LogP contribution in [0.15, 0.2) is 59.8 Å². The number of carbonyl (C=O) groups is 1. The Balaban J connectivity index is 1.48. The van der Waals surface area contributed by atoms with Gasteiger partial charge in [0.15, 0.2) is 11.0 Å². The number of aromatic nitrogens is 3. The van der Waals surface area contributed by atoms with Crippen LogP contribution in [0.2, 0.25) is 0 Å². The molecule has 1 fully saturated rings. The standard InChI is InChI=1S/C23H26N4O2S/c1-27-21(25-26-23(27)30-15-17-8-12-19(29-2)13-9-17)20(24-22(28)18-10-11-18)14-16-6-4-3-5-7-16/h3-9,12-13,18,20H,10-11,14-15H2,1-2H3,(H,24,28). The van der Waals surface area contributed by atoms with Gasteiger partial charge in [0.25, 0.3) is 0 Å². The highest BCUT2D eigenvalue weighted by atomic mass is 32.2. The summed E-state index contributed by atoms with van der Waals surface area (Å²) < 4.78 is 7.21. The van der Waals surface area contributed by atoms with E-state index in [2.05, 4.69) is 39.8 Å². The fourth-order valence-corrected chi connectivity index (χ4v) is 4.19. The average molecular weight is 423 g/mol. The van der Waals surface area contributed by atoms with Crippen molar-refractivity contribution < 1.29 is 9.53 Å². The van der Waals surface area contributed by atoms with Gasteiger partial charge in [-0.15, -0.1) is 10.2 Å². The van der Waals surface area contributed by atoms with Crippen LogP contribution in [-0.4, -0.2) is 27.8 Å². The molecular weight excluding hydrogens is 396 g/mol. The third-order valence-corrected chi connectivity index (χ3v) is 6.35. The number of hydrogen-bond donors (Lipinski definition) is 1. The van der Waals surface area contributed by atoms with Crippen LogP contribution in [0.3, 0.4) is 0 Å². The zero-order valence-electron chi connectivity index (χ0n) is 17.2. The Kier molecular flexibility index (Phi) is 6.38. The lowest BCUT2D eigenvalue weighted by Gasteiger charge is -2.18. The van der Waals surface area contributed by atoms with Gasteiger partial charge < -0.3 is 14.6 Å². The van der Waals surface area contributed by atoms with E-state index in [9.17, 15) is 4.79 Å². The highest BCUT2D eigenvalue weighted by Crippen LogP contribution is 2.31. The van der Waals surface area contributed by atoms with Crippen LogP contribution in [0.1, 0.15) is 35.8 Å². The van der Waals surface area contributed by atoms with Crippen molar-refractivity contribution in [3.8, 4) is 5.75 Å². The number of ether oxygens (including phenoxy) is 1. The Morgan fingerprint density at radius 1 is 1.13 bits per heavy atom. The van der Waals surface area contributed by atoms with E-state index in [0.29, 0.717) is 6.42 Å². The van der Waals surface area contributed by atoms with E-state index in [-0.39, 0.29) is 17.9 Å². The van der Waals surface area contributed by atoms with Crippen molar-refractivity contribution in [3.63, 3.8) is 0 Å². The van der Waals surface area contributed by atoms with E-state index in [4.69, 9.17) is 4.74 Å². The van der Waals surface area contributed by atoms with Gasteiger partial charge >= 0.3 is 0 Å². The molecule has 0 radical (unpaired) electrons. The summed E-state index contributed by atoms with van der Waals surface area (Å²) in [5.41, 5.74) is 2.35. The molecule has 1 atom stereocenters. The molecule has 1 saturated carbocycles. The summed E-state index contributed by atoms with van der Waals surface area (Å²) in [6, 6.07) is 18.0. The molecule has 1 aromatic heterocycles. The topological polar surface area (TPSA) is 69.0 Å². The molecule has 3 aromatic rings. The van der Waals surface area contributed by atoms with Gasteiger partial charge in [0.2, 0.25) is 5.91 Å². The molecule has 0 bridgehead atoms. The lowest BCUT2D eigenvalue weighted by atomic mass is 10.0. The van der Waals surface area contributed by atoms with Crippen LogP contribution in [-0.2, 0) is 24.0 Å². The van der Waals surface area contributed by atoms with Crippen LogP contribution in [0.5, 0.6) is 5.75 Å². The molecule has 4 rings (SSSR count). The number of hydrogen-bond acceptors (Lipinski definition) is 5. The van der Waals surface area contributed by atoms with E-state index < -0.39 is 0 Å². The molecule has 0 aliphatic heterocycles. The van der Waals surface area contributed by atoms with Crippen LogP contribution in [0, 0.1) is 5.92 Å². The van der Waals surface area contributed by atoms with Crippen LogP contribution >= 0.6 is 11.8 Å². The zero-order valence-corrected chi connectivity index (χ0v) is 18.1. The molecule has 30 heavy (non-hydrogen) atoms. The first-order chi connectivity index (χ1) is 14.6. The SMILES string of the molecule is COc1ccc(CSc2nnc(C(Cc3ccccc3)NC(=O)C3CC3)n2C)cc1. The highest BCUT2D eigenvalue weighted by molar-refractivity contribution is 7.98. The second-order valence-electron chi connectivity index (χ2n) is 7.56. The molecule has 1 aliphatic carbocycles. The molecule has 1 unspecified atom stereocenters. The maximum Gasteiger partial charge on any atom is 0.223 e. The molecule has 1 heterocycles. The zero-order chi connectivity index (χ0) is 20.9. The molecular formula is C23H26N4O2S. The summed E-state index contributed by atoms with van der Waals surface area (Å²) >= 11 is 1.63. The van der Waals surface area contributed by atoms with Crippen molar-refractivity contribution in [1.82, 2.24) is 20.1 Å². The normalized spacial score (nSPS) is 14.3. The number of amides is 1. The minimum atomic E-state index is -0.201. The number of thioether (sulfide) groups is 1. The number of carbonyl (C=O) groups excluding carboxylic acids is 1. The minimum Gasteiger partial charge on any atom is -0.497 e. The van der Waals surface area contributed by atoms with Crippen LogP contribution in [0.4, 0.5) is 0 Å². The van der Waals surface area contributed by atoms with Gasteiger partial charge in [0.05, 0.1) is 13.2 Å². The number of methoxy groups -OCH3 is 1. The van der Waals surface area contributed by atoms with Crippen molar-refractivity contribution in [2.45, 2.75) is 36.2 Å². The van der Waals surface area contributed by atoms with E-state index in [1.54, 1.807) is 18.9 Å². The maximum atomic E-state index is 12.5. The molecule has 156 valence electrons. The molecule has 1 aliphatic rings. The molecule has 1 N–H and O–H groups in total. The number of rotatable bonds is 9. The van der Waals surface area contributed by atoms with Crippen molar-refractivity contribution in [1.29, 1.82) is 0 Å². The fourth-order valence-electron chi connectivity index (χ4n) is 3.32.